The monoisotopic (exact) mass is 600 g/mol. The summed E-state index contributed by atoms with van der Waals surface area (Å²) in [5, 5.41) is 88.6. The van der Waals surface area contributed by atoms with Crippen LogP contribution in [0.2, 0.25) is 0 Å². The van der Waals surface area contributed by atoms with Gasteiger partial charge < -0.3 is 40.9 Å². The van der Waals surface area contributed by atoms with E-state index in [0.29, 0.717) is 70.2 Å². The van der Waals surface area contributed by atoms with Crippen LogP contribution in [-0.2, 0) is 0 Å². The number of phenolic OH excluding ortho intramolecular Hbond substituents is 8. The van der Waals surface area contributed by atoms with E-state index in [2.05, 4.69) is 0 Å². The van der Waals surface area contributed by atoms with Crippen LogP contribution in [0.1, 0.15) is 122 Å². The van der Waals surface area contributed by atoms with Gasteiger partial charge in [-0.15, -0.1) is 0 Å². The first-order valence-electron chi connectivity index (χ1n) is 15.1. The highest BCUT2D eigenvalue weighted by molar-refractivity contribution is 5.61. The van der Waals surface area contributed by atoms with Crippen LogP contribution in [0.4, 0.5) is 0 Å². The lowest BCUT2D eigenvalue weighted by molar-refractivity contribution is 0.424. The minimum atomic E-state index is -0.598. The molecule has 4 aromatic carbocycles. The Balaban J connectivity index is 1.93. The van der Waals surface area contributed by atoms with Crippen molar-refractivity contribution in [2.24, 2.45) is 0 Å². The van der Waals surface area contributed by atoms with Gasteiger partial charge in [0.2, 0.25) is 0 Å². The summed E-state index contributed by atoms with van der Waals surface area (Å²) in [6.45, 7) is 7.57. The lowest BCUT2D eigenvalue weighted by Crippen LogP contribution is -2.10. The Hall–Kier alpha value is -4.72. The number of fused-ring (bicyclic) bond motifs is 8. The van der Waals surface area contributed by atoms with E-state index >= 15 is 0 Å². The molecule has 232 valence electrons. The second-order valence-corrected chi connectivity index (χ2v) is 11.9. The molecule has 0 spiro atoms. The van der Waals surface area contributed by atoms with Gasteiger partial charge in [-0.25, -0.2) is 0 Å². The summed E-state index contributed by atoms with van der Waals surface area (Å²) in [4.78, 5) is 0. The van der Waals surface area contributed by atoms with Crippen molar-refractivity contribution in [3.05, 3.63) is 93.0 Å². The molecule has 1 aliphatic rings. The van der Waals surface area contributed by atoms with Crippen LogP contribution in [-0.4, -0.2) is 40.9 Å². The minimum Gasteiger partial charge on any atom is -0.508 e. The van der Waals surface area contributed by atoms with Crippen LogP contribution in [0.5, 0.6) is 46.0 Å². The lowest BCUT2D eigenvalue weighted by Gasteiger charge is -2.27. The van der Waals surface area contributed by atoms with Gasteiger partial charge in [0.15, 0.2) is 0 Å². The highest BCUT2D eigenvalue weighted by atomic mass is 16.3. The van der Waals surface area contributed by atoms with E-state index in [0.717, 1.165) is 0 Å². The quantitative estimate of drug-likeness (QED) is 0.118. The van der Waals surface area contributed by atoms with Gasteiger partial charge >= 0.3 is 0 Å². The summed E-state index contributed by atoms with van der Waals surface area (Å²) in [5.41, 5.74) is 3.55. The van der Waals surface area contributed by atoms with Gasteiger partial charge in [-0.05, 0) is 43.5 Å². The molecule has 1 aliphatic carbocycles. The molecule has 0 heterocycles. The summed E-state index contributed by atoms with van der Waals surface area (Å²) in [5.74, 6) is -3.60. The Morgan fingerprint density at radius 3 is 0.909 bits per heavy atom. The third-order valence-corrected chi connectivity index (χ3v) is 9.28. The predicted molar refractivity (Wildman–Crippen MR) is 168 cm³/mol. The maximum Gasteiger partial charge on any atom is 0.123 e. The fourth-order valence-electron chi connectivity index (χ4n) is 6.96. The van der Waals surface area contributed by atoms with Crippen LogP contribution in [0, 0.1) is 0 Å². The molecule has 4 unspecified atom stereocenters. The summed E-state index contributed by atoms with van der Waals surface area (Å²) in [6, 6.07) is 11.8. The highest BCUT2D eigenvalue weighted by Crippen LogP contribution is 2.51. The van der Waals surface area contributed by atoms with Crippen molar-refractivity contribution in [3.8, 4) is 46.0 Å². The average Bonchev–Trinajstić information content (AvgIpc) is 2.96. The molecular weight excluding hydrogens is 560 g/mol. The van der Waals surface area contributed by atoms with Gasteiger partial charge in [0.05, 0.1) is 0 Å². The number of hydrogen-bond donors (Lipinski definition) is 8. The summed E-state index contributed by atoms with van der Waals surface area (Å²) in [6.07, 6.45) is 2.10. The topological polar surface area (TPSA) is 162 Å². The molecule has 0 aromatic heterocycles. The number of benzene rings is 4. The Morgan fingerprint density at radius 2 is 0.636 bits per heavy atom. The van der Waals surface area contributed by atoms with Gasteiger partial charge in [0.1, 0.15) is 46.0 Å². The van der Waals surface area contributed by atoms with Crippen LogP contribution in [0.25, 0.3) is 0 Å². The van der Waals surface area contributed by atoms with Crippen molar-refractivity contribution < 1.29 is 40.9 Å². The highest BCUT2D eigenvalue weighted by Gasteiger charge is 2.31. The molecule has 5 rings (SSSR count). The smallest absolute Gasteiger partial charge is 0.123 e. The molecule has 8 nitrogen and oxygen atoms in total. The fraction of sp³-hybridized carbons (Fsp3) is 0.333. The number of hydrogen-bond acceptors (Lipinski definition) is 8. The molecule has 0 fully saturated rings. The first kappa shape index (κ1) is 30.7. The van der Waals surface area contributed by atoms with Gasteiger partial charge in [-0.1, -0.05) is 34.1 Å². The van der Waals surface area contributed by atoms with Gasteiger partial charge in [0, 0.05) is 92.4 Å². The van der Waals surface area contributed by atoms with Crippen LogP contribution in [0.3, 0.4) is 0 Å². The first-order valence-corrected chi connectivity index (χ1v) is 15.1. The van der Waals surface area contributed by atoms with E-state index in [1.54, 1.807) is 31.2 Å². The fourth-order valence-corrected chi connectivity index (χ4v) is 6.96. The third-order valence-electron chi connectivity index (χ3n) is 9.28. The van der Waals surface area contributed by atoms with Crippen molar-refractivity contribution in [3.63, 3.8) is 0 Å². The van der Waals surface area contributed by atoms with E-state index in [-0.39, 0.29) is 46.0 Å². The molecule has 8 bridgehead atoms. The van der Waals surface area contributed by atoms with Crippen molar-refractivity contribution >= 4 is 0 Å². The molecule has 0 aliphatic heterocycles. The second-order valence-electron chi connectivity index (χ2n) is 11.9. The number of aromatic hydroxyl groups is 8. The zero-order valence-electron chi connectivity index (χ0n) is 25.3. The van der Waals surface area contributed by atoms with E-state index in [4.69, 9.17) is 0 Å². The molecule has 8 heteroatoms. The normalized spacial score (nSPS) is 19.5. The number of rotatable bonds is 4. The zero-order valence-corrected chi connectivity index (χ0v) is 25.3. The molecule has 44 heavy (non-hydrogen) atoms. The van der Waals surface area contributed by atoms with Crippen LogP contribution >= 0.6 is 0 Å². The molecule has 8 N–H and O–H groups in total. The second kappa shape index (κ2) is 11.8. The van der Waals surface area contributed by atoms with Crippen molar-refractivity contribution in [2.45, 2.75) is 77.0 Å². The van der Waals surface area contributed by atoms with Crippen LogP contribution in [0.15, 0.2) is 48.5 Å². The lowest BCUT2D eigenvalue weighted by atomic mass is 9.78. The summed E-state index contributed by atoms with van der Waals surface area (Å²) in [7, 11) is 0. The maximum atomic E-state index is 11.1. The molecule has 4 aromatic rings. The van der Waals surface area contributed by atoms with E-state index in [9.17, 15) is 40.9 Å². The van der Waals surface area contributed by atoms with Crippen molar-refractivity contribution in [2.75, 3.05) is 0 Å². The largest absolute Gasteiger partial charge is 0.508 e. The van der Waals surface area contributed by atoms with Crippen LogP contribution < -0.4 is 0 Å². The van der Waals surface area contributed by atoms with E-state index in [1.807, 2.05) is 20.8 Å². The minimum absolute atomic E-state index is 0.162. The molecule has 0 saturated heterocycles. The Labute approximate surface area is 256 Å². The standard InChI is InChI=1S/C36H40O8/c1-5-8-20-27-10-22(30(38)14-35(27)43)17(4)21-9-23(31(39)13-29(21)37)18(6-2)24-11-25(33(41)15-32(24)40)19(7-3)26-12-28(20)36(44)16-34(26)42/h9-20,37-44H,5-8H2,1-4H3. The van der Waals surface area contributed by atoms with E-state index in [1.165, 1.54) is 24.3 Å². The molecule has 4 atom stereocenters. The Morgan fingerprint density at radius 1 is 0.386 bits per heavy atom. The number of phenols is 8. The van der Waals surface area contributed by atoms with Crippen molar-refractivity contribution in [1.82, 2.24) is 0 Å². The molecule has 0 radical (unpaired) electrons. The average molecular weight is 601 g/mol. The third kappa shape index (κ3) is 5.08. The summed E-state index contributed by atoms with van der Waals surface area (Å²) < 4.78 is 0. The van der Waals surface area contributed by atoms with Gasteiger partial charge in [-0.3, -0.25) is 0 Å². The predicted octanol–water partition coefficient (Wildman–Crippen LogP) is 7.81. The van der Waals surface area contributed by atoms with E-state index < -0.39 is 23.7 Å². The molecular formula is C36H40O8. The van der Waals surface area contributed by atoms with Crippen molar-refractivity contribution in [1.29, 1.82) is 0 Å². The molecule has 0 amide bonds. The van der Waals surface area contributed by atoms with Gasteiger partial charge in [0.25, 0.3) is 0 Å². The zero-order chi connectivity index (χ0) is 32.0. The maximum absolute atomic E-state index is 11.1. The SMILES string of the molecule is CCCC1c2cc(c(O)cc2O)C(C)c2cc(c(O)cc2O)C(CC)c2cc(c(O)cc2O)C(CC)c2cc1c(O)cc2O. The first-order chi connectivity index (χ1) is 20.9. The van der Waals surface area contributed by atoms with Gasteiger partial charge in [-0.2, -0.15) is 0 Å². The summed E-state index contributed by atoms with van der Waals surface area (Å²) >= 11 is 0. The molecule has 0 saturated carbocycles. The Kier molecular flexibility index (Phi) is 8.21. The Bertz CT molecular complexity index is 1730.